The molecule has 1 N–H and O–H groups in total. The van der Waals surface area contributed by atoms with Gasteiger partial charge in [0, 0.05) is 36.3 Å². The standard InChI is InChI=1S/C29H26Cl3F3N4O2/c30-21-5-3-19(4-6-21)2-1-11-38-12-8-28(9-13-38)18-39(27(40)37-17-20-7-10-36-26(32)14-20)24-16-23(31)25(15-22(24)28)41-29(33,34)35/h1-7,10,14-16H,8-9,11-13,17-18H2,(H,37,40). The summed E-state index contributed by atoms with van der Waals surface area (Å²) in [6.07, 6.45) is 2.04. The van der Waals surface area contributed by atoms with Crippen molar-refractivity contribution >= 4 is 52.6 Å². The lowest BCUT2D eigenvalue weighted by Crippen LogP contribution is -2.47. The summed E-state index contributed by atoms with van der Waals surface area (Å²) in [5, 5.41) is 3.64. The Balaban J connectivity index is 1.34. The van der Waals surface area contributed by atoms with E-state index in [9.17, 15) is 18.0 Å². The van der Waals surface area contributed by atoms with Crippen LogP contribution in [0.25, 0.3) is 6.08 Å². The number of rotatable bonds is 6. The lowest BCUT2D eigenvalue weighted by atomic mass is 9.74. The highest BCUT2D eigenvalue weighted by Crippen LogP contribution is 2.50. The summed E-state index contributed by atoms with van der Waals surface area (Å²) < 4.78 is 43.6. The summed E-state index contributed by atoms with van der Waals surface area (Å²) in [7, 11) is 0. The van der Waals surface area contributed by atoms with E-state index in [2.05, 4.69) is 26.0 Å². The van der Waals surface area contributed by atoms with Crippen LogP contribution in [0.5, 0.6) is 5.75 Å². The Hall–Kier alpha value is -2.98. The molecule has 3 aromatic rings. The molecular formula is C29H26Cl3F3N4O2. The molecule has 1 aromatic heterocycles. The van der Waals surface area contributed by atoms with Crippen LogP contribution in [0.15, 0.2) is 60.8 Å². The van der Waals surface area contributed by atoms with E-state index < -0.39 is 17.5 Å². The van der Waals surface area contributed by atoms with Crippen LogP contribution < -0.4 is 15.0 Å². The van der Waals surface area contributed by atoms with Crippen molar-refractivity contribution in [2.24, 2.45) is 0 Å². The van der Waals surface area contributed by atoms with Crippen molar-refractivity contribution in [3.63, 3.8) is 0 Å². The number of piperidine rings is 1. The fourth-order valence-corrected chi connectivity index (χ4v) is 5.90. The zero-order chi connectivity index (χ0) is 29.2. The van der Waals surface area contributed by atoms with Crippen LogP contribution in [0.2, 0.25) is 15.2 Å². The van der Waals surface area contributed by atoms with Crippen molar-refractivity contribution in [1.82, 2.24) is 15.2 Å². The molecule has 0 unspecified atom stereocenters. The monoisotopic (exact) mass is 624 g/mol. The van der Waals surface area contributed by atoms with Crippen molar-refractivity contribution in [2.45, 2.75) is 31.2 Å². The van der Waals surface area contributed by atoms with E-state index in [1.807, 2.05) is 30.3 Å². The number of urea groups is 1. The molecule has 2 aromatic carbocycles. The number of fused-ring (bicyclic) bond motifs is 2. The fraction of sp³-hybridized carbons (Fsp3) is 0.310. The average molecular weight is 626 g/mol. The zero-order valence-corrected chi connectivity index (χ0v) is 24.0. The predicted molar refractivity (Wildman–Crippen MR) is 155 cm³/mol. The maximum atomic E-state index is 13.4. The summed E-state index contributed by atoms with van der Waals surface area (Å²) in [4.78, 5) is 21.1. The molecule has 0 bridgehead atoms. The molecule has 0 atom stereocenters. The molecule has 1 fully saturated rings. The maximum absolute atomic E-state index is 13.4. The number of hydrogen-bond acceptors (Lipinski definition) is 4. The Morgan fingerprint density at radius 2 is 1.80 bits per heavy atom. The van der Waals surface area contributed by atoms with E-state index >= 15 is 0 Å². The molecule has 2 aliphatic heterocycles. The molecule has 3 heterocycles. The van der Waals surface area contributed by atoms with E-state index in [1.54, 1.807) is 23.2 Å². The van der Waals surface area contributed by atoms with Crippen molar-refractivity contribution in [3.05, 3.63) is 92.7 Å². The third-order valence-corrected chi connectivity index (χ3v) is 8.19. The van der Waals surface area contributed by atoms with Gasteiger partial charge in [-0.25, -0.2) is 9.78 Å². The van der Waals surface area contributed by atoms with Crippen LogP contribution >= 0.6 is 34.8 Å². The van der Waals surface area contributed by atoms with Gasteiger partial charge in [0.15, 0.2) is 0 Å². The number of alkyl halides is 3. The molecule has 0 aliphatic carbocycles. The number of nitrogens with one attached hydrogen (secondary N) is 1. The minimum atomic E-state index is -4.90. The van der Waals surface area contributed by atoms with Gasteiger partial charge in [-0.15, -0.1) is 13.2 Å². The van der Waals surface area contributed by atoms with Crippen molar-refractivity contribution < 1.29 is 22.7 Å². The number of carbonyl (C=O) groups excluding carboxylic acids is 1. The second-order valence-corrected chi connectivity index (χ2v) is 11.3. The topological polar surface area (TPSA) is 57.7 Å². The van der Waals surface area contributed by atoms with Crippen LogP contribution in [0.3, 0.4) is 0 Å². The molecule has 1 saturated heterocycles. The minimum absolute atomic E-state index is 0.205. The summed E-state index contributed by atoms with van der Waals surface area (Å²) in [6.45, 7) is 2.64. The van der Waals surface area contributed by atoms with Crippen LogP contribution in [0.4, 0.5) is 23.7 Å². The normalized spacial score (nSPS) is 16.8. The fourth-order valence-electron chi connectivity index (χ4n) is 5.38. The number of halogens is 6. The van der Waals surface area contributed by atoms with E-state index in [0.717, 1.165) is 11.1 Å². The number of hydrogen-bond donors (Lipinski definition) is 1. The van der Waals surface area contributed by atoms with Crippen LogP contribution in [-0.4, -0.2) is 48.5 Å². The number of amides is 2. The van der Waals surface area contributed by atoms with E-state index in [1.165, 1.54) is 12.1 Å². The Morgan fingerprint density at radius 3 is 2.49 bits per heavy atom. The van der Waals surface area contributed by atoms with Crippen molar-refractivity contribution in [2.75, 3.05) is 31.1 Å². The van der Waals surface area contributed by atoms with Gasteiger partial charge in [0.25, 0.3) is 0 Å². The maximum Gasteiger partial charge on any atom is 0.573 e. The molecule has 1 spiro atoms. The van der Waals surface area contributed by atoms with E-state index in [4.69, 9.17) is 34.8 Å². The SMILES string of the molecule is O=C(NCc1ccnc(Cl)c1)N1CC2(CCN(CC=Cc3ccc(Cl)cc3)CC2)c2cc(OC(F)(F)F)c(Cl)cc21. The second kappa shape index (κ2) is 12.1. The van der Waals surface area contributed by atoms with Crippen molar-refractivity contribution in [3.8, 4) is 5.75 Å². The molecule has 216 valence electrons. The highest BCUT2D eigenvalue weighted by atomic mass is 35.5. The third kappa shape index (κ3) is 7.09. The number of aromatic nitrogens is 1. The summed E-state index contributed by atoms with van der Waals surface area (Å²) in [5.74, 6) is -0.473. The number of pyridine rings is 1. The summed E-state index contributed by atoms with van der Waals surface area (Å²) in [5.41, 5.74) is 2.36. The predicted octanol–water partition coefficient (Wildman–Crippen LogP) is 7.72. The number of carbonyl (C=O) groups is 1. The first-order valence-electron chi connectivity index (χ1n) is 12.9. The number of likely N-dealkylation sites (tertiary alicyclic amines) is 1. The molecule has 12 heteroatoms. The first kappa shape index (κ1) is 29.5. The molecule has 0 saturated carbocycles. The van der Waals surface area contributed by atoms with Crippen molar-refractivity contribution in [1.29, 1.82) is 0 Å². The zero-order valence-electron chi connectivity index (χ0n) is 21.7. The first-order chi connectivity index (χ1) is 19.5. The van der Waals surface area contributed by atoms with Gasteiger partial charge >= 0.3 is 12.4 Å². The van der Waals surface area contributed by atoms with Gasteiger partial charge in [-0.2, -0.15) is 0 Å². The molecule has 5 rings (SSSR count). The number of ether oxygens (including phenoxy) is 1. The summed E-state index contributed by atoms with van der Waals surface area (Å²) >= 11 is 18.1. The Bertz CT molecular complexity index is 1440. The van der Waals surface area contributed by atoms with Crippen LogP contribution in [0, 0.1) is 0 Å². The molecule has 0 radical (unpaired) electrons. The Kier molecular flexibility index (Phi) is 8.70. The van der Waals surface area contributed by atoms with Gasteiger partial charge in [0.05, 0.1) is 10.7 Å². The Labute approximate surface area is 250 Å². The molecular weight excluding hydrogens is 600 g/mol. The highest BCUT2D eigenvalue weighted by molar-refractivity contribution is 6.32. The lowest BCUT2D eigenvalue weighted by molar-refractivity contribution is -0.274. The largest absolute Gasteiger partial charge is 0.573 e. The van der Waals surface area contributed by atoms with Gasteiger partial charge in [-0.3, -0.25) is 9.80 Å². The quantitative estimate of drug-likeness (QED) is 0.285. The molecule has 2 aliphatic rings. The smallest absolute Gasteiger partial charge is 0.404 e. The number of benzene rings is 2. The van der Waals surface area contributed by atoms with E-state index in [0.29, 0.717) is 60.4 Å². The van der Waals surface area contributed by atoms with Crippen LogP contribution in [-0.2, 0) is 12.0 Å². The first-order valence-corrected chi connectivity index (χ1v) is 14.0. The molecule has 6 nitrogen and oxygen atoms in total. The second-order valence-electron chi connectivity index (χ2n) is 10.1. The Morgan fingerprint density at radius 1 is 1.07 bits per heavy atom. The number of nitrogens with zero attached hydrogens (tertiary/aromatic N) is 3. The summed E-state index contributed by atoms with van der Waals surface area (Å²) in [6, 6.07) is 13.3. The van der Waals surface area contributed by atoms with Gasteiger partial charge in [0.1, 0.15) is 10.9 Å². The average Bonchev–Trinajstić information content (AvgIpc) is 3.21. The lowest BCUT2D eigenvalue weighted by Gasteiger charge is -2.39. The number of anilines is 1. The minimum Gasteiger partial charge on any atom is -0.404 e. The van der Waals surface area contributed by atoms with Gasteiger partial charge < -0.3 is 10.1 Å². The van der Waals surface area contributed by atoms with Gasteiger partial charge in [0.2, 0.25) is 0 Å². The highest BCUT2D eigenvalue weighted by Gasteiger charge is 2.47. The molecule has 41 heavy (non-hydrogen) atoms. The van der Waals surface area contributed by atoms with Gasteiger partial charge in [-0.1, -0.05) is 59.1 Å². The van der Waals surface area contributed by atoms with Crippen LogP contribution in [0.1, 0.15) is 29.5 Å². The van der Waals surface area contributed by atoms with Gasteiger partial charge in [-0.05, 0) is 79.0 Å². The molecule has 2 amide bonds. The van der Waals surface area contributed by atoms with E-state index in [-0.39, 0.29) is 17.6 Å². The third-order valence-electron chi connectivity index (χ3n) is 7.44.